The third-order valence-corrected chi connectivity index (χ3v) is 4.10. The van der Waals surface area contributed by atoms with Gasteiger partial charge in [-0.25, -0.2) is 9.55 Å². The quantitative estimate of drug-likeness (QED) is 0.342. The van der Waals surface area contributed by atoms with Crippen molar-refractivity contribution in [2.24, 2.45) is 0 Å². The number of rotatable bonds is 5. The number of nitrogens with zero attached hydrogens (tertiary/aromatic N) is 4. The summed E-state index contributed by atoms with van der Waals surface area (Å²) in [5.41, 5.74) is 2.82. The van der Waals surface area contributed by atoms with E-state index in [1.54, 1.807) is 6.20 Å². The molecule has 1 N–H and O–H groups in total. The summed E-state index contributed by atoms with van der Waals surface area (Å²) >= 11 is 0. The van der Waals surface area contributed by atoms with E-state index in [1.165, 1.54) is 10.8 Å². The molecule has 0 saturated carbocycles. The van der Waals surface area contributed by atoms with Crippen molar-refractivity contribution in [3.63, 3.8) is 0 Å². The minimum atomic E-state index is -0.475. The highest BCUT2D eigenvalue weighted by molar-refractivity contribution is 6.07. The van der Waals surface area contributed by atoms with Crippen LogP contribution in [0.25, 0.3) is 21.8 Å². The molecule has 0 spiro atoms. The first-order chi connectivity index (χ1) is 12.2. The van der Waals surface area contributed by atoms with Crippen LogP contribution in [0.15, 0.2) is 60.9 Å². The standard InChI is InChI=1S/C18H15N5O2/c24-23(25)18-20-10-12-22(18)11-9-19-17-13-5-1-3-7-15(13)21-16-8-4-2-6-14(16)17/h1-8,10,12H,9,11H2,(H,19,21). The molecule has 2 heterocycles. The number of nitro groups is 1. The number of hydrogen-bond donors (Lipinski definition) is 1. The highest BCUT2D eigenvalue weighted by Gasteiger charge is 2.14. The molecule has 7 heteroatoms. The Morgan fingerprint density at radius 2 is 1.68 bits per heavy atom. The van der Waals surface area contributed by atoms with Gasteiger partial charge in [0.15, 0.2) is 0 Å². The van der Waals surface area contributed by atoms with Crippen LogP contribution < -0.4 is 5.32 Å². The summed E-state index contributed by atoms with van der Waals surface area (Å²) in [5.74, 6) is -0.147. The SMILES string of the molecule is O=[N+]([O-])c1nccn1CCNc1c2ccccc2nc2ccccc12. The van der Waals surface area contributed by atoms with E-state index in [1.807, 2.05) is 48.5 Å². The lowest BCUT2D eigenvalue weighted by molar-refractivity contribution is -0.396. The van der Waals surface area contributed by atoms with Crippen LogP contribution in [0.3, 0.4) is 0 Å². The zero-order valence-corrected chi connectivity index (χ0v) is 13.3. The molecule has 0 bridgehead atoms. The van der Waals surface area contributed by atoms with E-state index in [-0.39, 0.29) is 5.95 Å². The molecule has 0 unspecified atom stereocenters. The fourth-order valence-corrected chi connectivity index (χ4v) is 2.98. The predicted molar refractivity (Wildman–Crippen MR) is 96.6 cm³/mol. The van der Waals surface area contributed by atoms with Gasteiger partial charge in [0.2, 0.25) is 0 Å². The maximum Gasteiger partial charge on any atom is 0.434 e. The third-order valence-electron chi connectivity index (χ3n) is 4.10. The number of para-hydroxylation sites is 2. The van der Waals surface area contributed by atoms with Gasteiger partial charge in [-0.1, -0.05) is 41.4 Å². The van der Waals surface area contributed by atoms with Gasteiger partial charge in [0, 0.05) is 17.3 Å². The highest BCUT2D eigenvalue weighted by Crippen LogP contribution is 2.30. The lowest BCUT2D eigenvalue weighted by Crippen LogP contribution is -2.12. The number of imidazole rings is 1. The average Bonchev–Trinajstić information content (AvgIpc) is 3.10. The summed E-state index contributed by atoms with van der Waals surface area (Å²) in [6.07, 6.45) is 3.05. The topological polar surface area (TPSA) is 85.9 Å². The minimum absolute atomic E-state index is 0.147. The van der Waals surface area contributed by atoms with E-state index >= 15 is 0 Å². The Morgan fingerprint density at radius 1 is 1.04 bits per heavy atom. The maximum absolute atomic E-state index is 11.0. The van der Waals surface area contributed by atoms with Gasteiger partial charge in [0.05, 0.1) is 23.3 Å². The van der Waals surface area contributed by atoms with Crippen LogP contribution in [0.5, 0.6) is 0 Å². The highest BCUT2D eigenvalue weighted by atomic mass is 16.6. The molecule has 0 aliphatic heterocycles. The molecule has 4 rings (SSSR count). The van der Waals surface area contributed by atoms with Crippen molar-refractivity contribution in [2.45, 2.75) is 6.54 Å². The molecule has 0 aliphatic rings. The number of hydrogen-bond acceptors (Lipinski definition) is 5. The van der Waals surface area contributed by atoms with Crippen LogP contribution in [0.4, 0.5) is 11.6 Å². The lowest BCUT2D eigenvalue weighted by atomic mass is 10.1. The molecule has 0 amide bonds. The van der Waals surface area contributed by atoms with Crippen LogP contribution in [-0.2, 0) is 6.54 Å². The lowest BCUT2D eigenvalue weighted by Gasteiger charge is -2.13. The first-order valence-electron chi connectivity index (χ1n) is 7.91. The maximum atomic E-state index is 11.0. The van der Waals surface area contributed by atoms with Crippen LogP contribution in [0, 0.1) is 10.1 Å². The molecule has 4 aromatic rings. The Morgan fingerprint density at radius 3 is 2.32 bits per heavy atom. The van der Waals surface area contributed by atoms with E-state index in [4.69, 9.17) is 0 Å². The molecule has 2 aromatic heterocycles. The van der Waals surface area contributed by atoms with E-state index in [2.05, 4.69) is 15.3 Å². The molecule has 0 atom stereocenters. The fourth-order valence-electron chi connectivity index (χ4n) is 2.98. The van der Waals surface area contributed by atoms with Gasteiger partial charge in [-0.3, -0.25) is 0 Å². The average molecular weight is 333 g/mol. The number of nitrogens with one attached hydrogen (secondary N) is 1. The molecular weight excluding hydrogens is 318 g/mol. The van der Waals surface area contributed by atoms with Crippen molar-refractivity contribution in [2.75, 3.05) is 11.9 Å². The van der Waals surface area contributed by atoms with E-state index in [0.29, 0.717) is 13.1 Å². The zero-order chi connectivity index (χ0) is 17.2. The summed E-state index contributed by atoms with van der Waals surface area (Å²) in [7, 11) is 0. The Labute approximate surface area is 143 Å². The smallest absolute Gasteiger partial charge is 0.390 e. The van der Waals surface area contributed by atoms with Gasteiger partial charge in [-0.05, 0) is 17.1 Å². The second kappa shape index (κ2) is 6.20. The first kappa shape index (κ1) is 15.1. The minimum Gasteiger partial charge on any atom is -0.390 e. The molecule has 0 fully saturated rings. The number of pyridine rings is 1. The van der Waals surface area contributed by atoms with E-state index < -0.39 is 4.92 Å². The third kappa shape index (κ3) is 2.76. The van der Waals surface area contributed by atoms with Crippen molar-refractivity contribution in [3.05, 3.63) is 71.0 Å². The predicted octanol–water partition coefficient (Wildman–Crippen LogP) is 3.60. The van der Waals surface area contributed by atoms with Crippen molar-refractivity contribution in [1.29, 1.82) is 0 Å². The largest absolute Gasteiger partial charge is 0.434 e. The second-order valence-corrected chi connectivity index (χ2v) is 5.63. The van der Waals surface area contributed by atoms with E-state index in [9.17, 15) is 10.1 Å². The summed E-state index contributed by atoms with van der Waals surface area (Å²) < 4.78 is 1.53. The summed E-state index contributed by atoms with van der Waals surface area (Å²) in [4.78, 5) is 18.9. The van der Waals surface area contributed by atoms with Crippen LogP contribution in [0.1, 0.15) is 0 Å². The molecule has 0 radical (unpaired) electrons. The number of benzene rings is 2. The van der Waals surface area contributed by atoms with Gasteiger partial charge < -0.3 is 15.4 Å². The van der Waals surface area contributed by atoms with Gasteiger partial charge in [-0.15, -0.1) is 0 Å². The van der Waals surface area contributed by atoms with Crippen LogP contribution in [-0.4, -0.2) is 26.0 Å². The Balaban J connectivity index is 1.68. The molecule has 0 saturated heterocycles. The molecule has 0 aliphatic carbocycles. The van der Waals surface area contributed by atoms with Gasteiger partial charge in [-0.2, -0.15) is 0 Å². The molecular formula is C18H15N5O2. The van der Waals surface area contributed by atoms with Crippen molar-refractivity contribution < 1.29 is 4.92 Å². The molecule has 124 valence electrons. The summed E-state index contributed by atoms with van der Waals surface area (Å²) in [6.45, 7) is 0.983. The number of anilines is 1. The second-order valence-electron chi connectivity index (χ2n) is 5.63. The number of aromatic nitrogens is 3. The van der Waals surface area contributed by atoms with Crippen molar-refractivity contribution >= 4 is 33.4 Å². The number of fused-ring (bicyclic) bond motifs is 2. The fraction of sp³-hybridized carbons (Fsp3) is 0.111. The van der Waals surface area contributed by atoms with E-state index in [0.717, 1.165) is 27.5 Å². The molecule has 2 aromatic carbocycles. The Kier molecular flexibility index (Phi) is 3.74. The van der Waals surface area contributed by atoms with Gasteiger partial charge in [0.1, 0.15) is 12.4 Å². The Bertz CT molecular complexity index is 1020. The molecule has 25 heavy (non-hydrogen) atoms. The first-order valence-corrected chi connectivity index (χ1v) is 7.91. The van der Waals surface area contributed by atoms with Crippen molar-refractivity contribution in [1.82, 2.24) is 14.5 Å². The van der Waals surface area contributed by atoms with Crippen LogP contribution in [0.2, 0.25) is 0 Å². The Hall–Kier alpha value is -3.48. The molecule has 7 nitrogen and oxygen atoms in total. The summed E-state index contributed by atoms with van der Waals surface area (Å²) in [6, 6.07) is 15.9. The normalized spacial score (nSPS) is 11.0. The van der Waals surface area contributed by atoms with Crippen LogP contribution >= 0.6 is 0 Å². The summed E-state index contributed by atoms with van der Waals surface area (Å²) in [5, 5.41) is 16.4. The zero-order valence-electron chi connectivity index (χ0n) is 13.3. The van der Waals surface area contributed by atoms with Gasteiger partial charge in [0.25, 0.3) is 0 Å². The monoisotopic (exact) mass is 333 g/mol. The van der Waals surface area contributed by atoms with Gasteiger partial charge >= 0.3 is 5.95 Å². The van der Waals surface area contributed by atoms with Crippen molar-refractivity contribution in [3.8, 4) is 0 Å².